The average molecular weight is 232 g/mol. The van der Waals surface area contributed by atoms with Crippen LogP contribution < -0.4 is 5.32 Å². The first-order valence-electron chi connectivity index (χ1n) is 6.50. The van der Waals surface area contributed by atoms with Crippen LogP contribution >= 0.6 is 0 Å². The fraction of sp³-hybridized carbons (Fsp3) is 0.571. The van der Waals surface area contributed by atoms with E-state index in [0.717, 1.165) is 17.8 Å². The molecule has 0 saturated carbocycles. The molecule has 2 N–H and O–H groups in total. The third-order valence-electron chi connectivity index (χ3n) is 4.36. The van der Waals surface area contributed by atoms with E-state index in [4.69, 9.17) is 0 Å². The molecule has 3 heteroatoms. The largest absolute Gasteiger partial charge is 0.506 e. The number of phenolic OH excluding ortho intramolecular Hbond substituents is 1. The molecule has 92 valence electrons. The first-order valence-corrected chi connectivity index (χ1v) is 6.50. The summed E-state index contributed by atoms with van der Waals surface area (Å²) in [6.45, 7) is 0. The van der Waals surface area contributed by atoms with Crippen molar-refractivity contribution >= 4 is 5.69 Å². The third kappa shape index (κ3) is 2.00. The molecule has 0 amide bonds. The molecule has 0 spiro atoms. The van der Waals surface area contributed by atoms with Crippen LogP contribution in [0.15, 0.2) is 24.3 Å². The molecule has 17 heavy (non-hydrogen) atoms. The summed E-state index contributed by atoms with van der Waals surface area (Å²) in [4.78, 5) is 2.53. The lowest BCUT2D eigenvalue weighted by Gasteiger charge is -2.37. The zero-order chi connectivity index (χ0) is 11.8. The molecule has 0 aromatic heterocycles. The van der Waals surface area contributed by atoms with E-state index in [2.05, 4.69) is 17.3 Å². The zero-order valence-electron chi connectivity index (χ0n) is 10.3. The van der Waals surface area contributed by atoms with Crippen LogP contribution in [0.3, 0.4) is 0 Å². The SMILES string of the molecule is CN1[C@@H]2CC[C@H]1CC(Nc1ccccc1O)C2. The van der Waals surface area contributed by atoms with E-state index in [9.17, 15) is 5.11 Å². The van der Waals surface area contributed by atoms with Crippen LogP contribution in [0.25, 0.3) is 0 Å². The van der Waals surface area contributed by atoms with Gasteiger partial charge in [0.1, 0.15) is 5.75 Å². The van der Waals surface area contributed by atoms with Crippen molar-refractivity contribution in [3.05, 3.63) is 24.3 Å². The smallest absolute Gasteiger partial charge is 0.138 e. The molecule has 2 aliphatic heterocycles. The molecule has 2 saturated heterocycles. The van der Waals surface area contributed by atoms with Gasteiger partial charge in [0, 0.05) is 18.1 Å². The highest BCUT2D eigenvalue weighted by Crippen LogP contribution is 2.36. The van der Waals surface area contributed by atoms with Crippen molar-refractivity contribution in [2.75, 3.05) is 12.4 Å². The Morgan fingerprint density at radius 2 is 1.82 bits per heavy atom. The van der Waals surface area contributed by atoms with E-state index in [1.165, 1.54) is 25.7 Å². The highest BCUT2D eigenvalue weighted by atomic mass is 16.3. The average Bonchev–Trinajstić information content (AvgIpc) is 2.55. The molecule has 2 aliphatic rings. The number of nitrogens with zero attached hydrogens (tertiary/aromatic N) is 1. The molecule has 2 fully saturated rings. The maximum atomic E-state index is 9.77. The first-order chi connectivity index (χ1) is 8.24. The van der Waals surface area contributed by atoms with E-state index < -0.39 is 0 Å². The van der Waals surface area contributed by atoms with Gasteiger partial charge in [-0.1, -0.05) is 12.1 Å². The van der Waals surface area contributed by atoms with Gasteiger partial charge in [-0.15, -0.1) is 0 Å². The standard InChI is InChI=1S/C14H20N2O/c1-16-11-6-7-12(16)9-10(8-11)15-13-4-2-3-5-14(13)17/h2-5,10-12,15,17H,6-9H2,1H3/t10?,11-,12+. The third-order valence-corrected chi connectivity index (χ3v) is 4.36. The van der Waals surface area contributed by atoms with Crippen LogP contribution in [0.2, 0.25) is 0 Å². The molecule has 0 aliphatic carbocycles. The Hall–Kier alpha value is -1.22. The van der Waals surface area contributed by atoms with Crippen molar-refractivity contribution in [2.45, 2.75) is 43.8 Å². The van der Waals surface area contributed by atoms with Crippen LogP contribution in [0.1, 0.15) is 25.7 Å². The van der Waals surface area contributed by atoms with Crippen molar-refractivity contribution in [1.82, 2.24) is 4.90 Å². The monoisotopic (exact) mass is 232 g/mol. The molecular weight excluding hydrogens is 212 g/mol. The number of aromatic hydroxyl groups is 1. The van der Waals surface area contributed by atoms with Crippen LogP contribution in [0, 0.1) is 0 Å². The molecule has 1 aromatic rings. The van der Waals surface area contributed by atoms with Gasteiger partial charge in [-0.3, -0.25) is 0 Å². The molecule has 3 atom stereocenters. The summed E-state index contributed by atoms with van der Waals surface area (Å²) in [6.07, 6.45) is 5.06. The Morgan fingerprint density at radius 1 is 1.18 bits per heavy atom. The fourth-order valence-corrected chi connectivity index (χ4v) is 3.34. The Bertz CT molecular complexity index is 393. The van der Waals surface area contributed by atoms with E-state index in [0.29, 0.717) is 11.8 Å². The van der Waals surface area contributed by atoms with Crippen LogP contribution in [0.4, 0.5) is 5.69 Å². The predicted molar refractivity (Wildman–Crippen MR) is 69.3 cm³/mol. The lowest BCUT2D eigenvalue weighted by Crippen LogP contribution is -2.44. The number of nitrogens with one attached hydrogen (secondary N) is 1. The topological polar surface area (TPSA) is 35.5 Å². The number of hydrogen-bond acceptors (Lipinski definition) is 3. The summed E-state index contributed by atoms with van der Waals surface area (Å²) < 4.78 is 0. The van der Waals surface area contributed by atoms with Gasteiger partial charge in [0.2, 0.25) is 0 Å². The molecule has 2 heterocycles. The van der Waals surface area contributed by atoms with E-state index in [-0.39, 0.29) is 0 Å². The first kappa shape index (κ1) is 10.9. The van der Waals surface area contributed by atoms with Gasteiger partial charge in [-0.25, -0.2) is 0 Å². The maximum absolute atomic E-state index is 9.77. The van der Waals surface area contributed by atoms with Crippen molar-refractivity contribution in [3.8, 4) is 5.75 Å². The Balaban J connectivity index is 1.70. The maximum Gasteiger partial charge on any atom is 0.138 e. The normalized spacial score (nSPS) is 32.6. The summed E-state index contributed by atoms with van der Waals surface area (Å²) in [5, 5.41) is 13.3. The minimum atomic E-state index is 0.360. The van der Waals surface area contributed by atoms with Crippen molar-refractivity contribution in [3.63, 3.8) is 0 Å². The van der Waals surface area contributed by atoms with Crippen molar-refractivity contribution in [1.29, 1.82) is 0 Å². The molecule has 1 aromatic carbocycles. The van der Waals surface area contributed by atoms with Gasteiger partial charge >= 0.3 is 0 Å². The summed E-state index contributed by atoms with van der Waals surface area (Å²) >= 11 is 0. The number of hydrogen-bond donors (Lipinski definition) is 2. The predicted octanol–water partition coefficient (Wildman–Crippen LogP) is 2.43. The number of para-hydroxylation sites is 2. The number of piperidine rings is 1. The van der Waals surface area contributed by atoms with Gasteiger partial charge in [-0.2, -0.15) is 0 Å². The summed E-state index contributed by atoms with van der Waals surface area (Å²) in [7, 11) is 2.25. The summed E-state index contributed by atoms with van der Waals surface area (Å²) in [5.74, 6) is 0.360. The number of phenols is 1. The molecule has 3 rings (SSSR count). The second-order valence-electron chi connectivity index (χ2n) is 5.38. The molecule has 1 unspecified atom stereocenters. The second kappa shape index (κ2) is 4.22. The minimum absolute atomic E-state index is 0.360. The molecular formula is C14H20N2O. The fourth-order valence-electron chi connectivity index (χ4n) is 3.34. The Labute approximate surface area is 102 Å². The Morgan fingerprint density at radius 3 is 2.47 bits per heavy atom. The van der Waals surface area contributed by atoms with Gasteiger partial charge in [-0.05, 0) is 44.9 Å². The van der Waals surface area contributed by atoms with Gasteiger partial charge in [0.15, 0.2) is 0 Å². The van der Waals surface area contributed by atoms with Gasteiger partial charge in [0.25, 0.3) is 0 Å². The molecule has 3 nitrogen and oxygen atoms in total. The summed E-state index contributed by atoms with van der Waals surface area (Å²) in [5.41, 5.74) is 0.876. The van der Waals surface area contributed by atoms with Gasteiger partial charge in [0.05, 0.1) is 5.69 Å². The number of rotatable bonds is 2. The molecule has 2 bridgehead atoms. The van der Waals surface area contributed by atoms with E-state index in [1.54, 1.807) is 6.07 Å². The Kier molecular flexibility index (Phi) is 2.71. The number of fused-ring (bicyclic) bond motifs is 2. The highest BCUT2D eigenvalue weighted by molar-refractivity contribution is 5.55. The lowest BCUT2D eigenvalue weighted by molar-refractivity contribution is 0.169. The summed E-state index contributed by atoms with van der Waals surface area (Å²) in [6, 6.07) is 9.50. The van der Waals surface area contributed by atoms with E-state index >= 15 is 0 Å². The second-order valence-corrected chi connectivity index (χ2v) is 5.38. The molecule has 0 radical (unpaired) electrons. The van der Waals surface area contributed by atoms with Crippen LogP contribution in [0.5, 0.6) is 5.75 Å². The quantitative estimate of drug-likeness (QED) is 0.769. The van der Waals surface area contributed by atoms with Crippen molar-refractivity contribution < 1.29 is 5.11 Å². The highest BCUT2D eigenvalue weighted by Gasteiger charge is 2.38. The van der Waals surface area contributed by atoms with Gasteiger partial charge < -0.3 is 15.3 Å². The lowest BCUT2D eigenvalue weighted by atomic mass is 9.97. The van der Waals surface area contributed by atoms with Crippen LogP contribution in [-0.2, 0) is 0 Å². The van der Waals surface area contributed by atoms with E-state index in [1.807, 2.05) is 18.2 Å². The zero-order valence-corrected chi connectivity index (χ0v) is 10.3. The minimum Gasteiger partial charge on any atom is -0.506 e. The number of benzene rings is 1. The van der Waals surface area contributed by atoms with Crippen molar-refractivity contribution in [2.24, 2.45) is 0 Å². The number of anilines is 1. The van der Waals surface area contributed by atoms with Crippen LogP contribution in [-0.4, -0.2) is 35.2 Å².